The first-order valence-corrected chi connectivity index (χ1v) is 6.20. The zero-order valence-electron chi connectivity index (χ0n) is 11.3. The lowest BCUT2D eigenvalue weighted by Crippen LogP contribution is -2.18. The van der Waals surface area contributed by atoms with E-state index < -0.39 is 29.2 Å². The average molecular weight is 312 g/mol. The summed E-state index contributed by atoms with van der Waals surface area (Å²) < 4.78 is 37.9. The summed E-state index contributed by atoms with van der Waals surface area (Å²) in [5, 5.41) is 11.7. The SMILES string of the molecule is CCc1nccnc1C(=O)Nc1cc(C(F)(F)F)cnc1O. The molecule has 6 nitrogen and oxygen atoms in total. The zero-order valence-corrected chi connectivity index (χ0v) is 11.3. The van der Waals surface area contributed by atoms with Crippen molar-refractivity contribution in [2.45, 2.75) is 19.5 Å². The molecule has 0 aromatic carbocycles. The fraction of sp³-hybridized carbons (Fsp3) is 0.231. The summed E-state index contributed by atoms with van der Waals surface area (Å²) in [6.45, 7) is 1.75. The Labute approximate surface area is 123 Å². The molecule has 2 aromatic rings. The molecule has 0 unspecified atom stereocenters. The van der Waals surface area contributed by atoms with Crippen molar-refractivity contribution in [3.05, 3.63) is 41.6 Å². The molecule has 0 saturated heterocycles. The van der Waals surface area contributed by atoms with Crippen LogP contribution in [0.2, 0.25) is 0 Å². The van der Waals surface area contributed by atoms with E-state index in [-0.39, 0.29) is 5.69 Å². The van der Waals surface area contributed by atoms with Gasteiger partial charge in [-0.1, -0.05) is 6.92 Å². The quantitative estimate of drug-likeness (QED) is 0.908. The third-order valence-corrected chi connectivity index (χ3v) is 2.77. The number of rotatable bonds is 3. The van der Waals surface area contributed by atoms with Crippen molar-refractivity contribution in [2.75, 3.05) is 5.32 Å². The Balaban J connectivity index is 2.32. The van der Waals surface area contributed by atoms with Crippen molar-refractivity contribution in [1.29, 1.82) is 0 Å². The minimum absolute atomic E-state index is 0.0261. The van der Waals surface area contributed by atoms with Crippen LogP contribution in [0, 0.1) is 0 Å². The lowest BCUT2D eigenvalue weighted by atomic mass is 10.2. The molecular formula is C13H11F3N4O2. The molecule has 0 aliphatic carbocycles. The lowest BCUT2D eigenvalue weighted by Gasteiger charge is -2.11. The number of aryl methyl sites for hydroxylation is 1. The third-order valence-electron chi connectivity index (χ3n) is 2.77. The van der Waals surface area contributed by atoms with Crippen molar-refractivity contribution >= 4 is 11.6 Å². The molecule has 116 valence electrons. The van der Waals surface area contributed by atoms with Crippen LogP contribution in [-0.2, 0) is 12.6 Å². The maximum atomic E-state index is 12.6. The fourth-order valence-corrected chi connectivity index (χ4v) is 1.70. The number of hydrogen-bond donors (Lipinski definition) is 2. The Morgan fingerprint density at radius 2 is 1.95 bits per heavy atom. The van der Waals surface area contributed by atoms with Crippen molar-refractivity contribution in [3.63, 3.8) is 0 Å². The second kappa shape index (κ2) is 5.96. The lowest BCUT2D eigenvalue weighted by molar-refractivity contribution is -0.137. The third kappa shape index (κ3) is 3.30. The van der Waals surface area contributed by atoms with Crippen LogP contribution >= 0.6 is 0 Å². The maximum absolute atomic E-state index is 12.6. The molecule has 2 aromatic heterocycles. The summed E-state index contributed by atoms with van der Waals surface area (Å²) in [5.41, 5.74) is -1.18. The van der Waals surface area contributed by atoms with E-state index >= 15 is 0 Å². The Kier molecular flexibility index (Phi) is 4.25. The highest BCUT2D eigenvalue weighted by Crippen LogP contribution is 2.33. The largest absolute Gasteiger partial charge is 0.492 e. The van der Waals surface area contributed by atoms with Crippen molar-refractivity contribution in [1.82, 2.24) is 15.0 Å². The van der Waals surface area contributed by atoms with E-state index in [1.165, 1.54) is 12.4 Å². The zero-order chi connectivity index (χ0) is 16.3. The van der Waals surface area contributed by atoms with Gasteiger partial charge in [0.25, 0.3) is 5.91 Å². The van der Waals surface area contributed by atoms with Crippen LogP contribution in [0.25, 0.3) is 0 Å². The van der Waals surface area contributed by atoms with Gasteiger partial charge >= 0.3 is 6.18 Å². The standard InChI is InChI=1S/C13H11F3N4O2/c1-2-8-10(18-4-3-17-8)12(22)20-9-5-7(13(14,15)16)6-19-11(9)21/h3-6H,2H2,1H3,(H,19,21)(H,20,22). The smallest absolute Gasteiger partial charge is 0.417 e. The van der Waals surface area contributed by atoms with Gasteiger partial charge in [-0.25, -0.2) is 9.97 Å². The van der Waals surface area contributed by atoms with E-state index in [9.17, 15) is 23.1 Å². The van der Waals surface area contributed by atoms with Crippen molar-refractivity contribution in [2.24, 2.45) is 0 Å². The number of nitrogens with one attached hydrogen (secondary N) is 1. The molecule has 0 fully saturated rings. The number of anilines is 1. The summed E-state index contributed by atoms with van der Waals surface area (Å²) in [7, 11) is 0. The molecule has 0 atom stereocenters. The molecule has 22 heavy (non-hydrogen) atoms. The van der Waals surface area contributed by atoms with E-state index in [2.05, 4.69) is 20.3 Å². The molecule has 2 rings (SSSR count). The monoisotopic (exact) mass is 312 g/mol. The van der Waals surface area contributed by atoms with Crippen LogP contribution in [0.5, 0.6) is 5.88 Å². The van der Waals surface area contributed by atoms with E-state index in [1.54, 1.807) is 6.92 Å². The predicted molar refractivity (Wildman–Crippen MR) is 70.3 cm³/mol. The molecule has 0 bridgehead atoms. The molecule has 1 amide bonds. The second-order valence-corrected chi connectivity index (χ2v) is 4.25. The molecule has 0 spiro atoms. The maximum Gasteiger partial charge on any atom is 0.417 e. The molecule has 0 aliphatic heterocycles. The number of nitrogens with zero attached hydrogens (tertiary/aromatic N) is 3. The number of amides is 1. The summed E-state index contributed by atoms with van der Waals surface area (Å²) >= 11 is 0. The number of halogens is 3. The molecule has 0 saturated carbocycles. The van der Waals surface area contributed by atoms with Crippen LogP contribution in [-0.4, -0.2) is 26.0 Å². The van der Waals surface area contributed by atoms with Crippen molar-refractivity contribution < 1.29 is 23.1 Å². The molecule has 9 heteroatoms. The Morgan fingerprint density at radius 3 is 2.59 bits per heavy atom. The summed E-state index contributed by atoms with van der Waals surface area (Å²) in [6.07, 6.45) is -1.05. The van der Waals surface area contributed by atoms with Gasteiger partial charge in [0.2, 0.25) is 5.88 Å². The Hall–Kier alpha value is -2.71. The van der Waals surface area contributed by atoms with E-state index in [1.807, 2.05) is 0 Å². The molecule has 0 radical (unpaired) electrons. The van der Waals surface area contributed by atoms with E-state index in [0.29, 0.717) is 24.4 Å². The van der Waals surface area contributed by atoms with Gasteiger partial charge in [0, 0.05) is 18.6 Å². The highest BCUT2D eigenvalue weighted by Gasteiger charge is 2.32. The van der Waals surface area contributed by atoms with Gasteiger partial charge < -0.3 is 10.4 Å². The highest BCUT2D eigenvalue weighted by atomic mass is 19.4. The summed E-state index contributed by atoms with van der Waals surface area (Å²) in [5.74, 6) is -1.50. The first-order valence-electron chi connectivity index (χ1n) is 6.20. The second-order valence-electron chi connectivity index (χ2n) is 4.25. The summed E-state index contributed by atoms with van der Waals surface area (Å²) in [4.78, 5) is 23.1. The van der Waals surface area contributed by atoms with E-state index in [0.717, 1.165) is 0 Å². The predicted octanol–water partition coefficient (Wildman–Crippen LogP) is 2.41. The summed E-state index contributed by atoms with van der Waals surface area (Å²) in [6, 6.07) is 0.599. The van der Waals surface area contributed by atoms with Crippen LogP contribution in [0.1, 0.15) is 28.7 Å². The average Bonchev–Trinajstić information content (AvgIpc) is 2.48. The fourth-order valence-electron chi connectivity index (χ4n) is 1.70. The van der Waals surface area contributed by atoms with Gasteiger partial charge in [0.1, 0.15) is 11.4 Å². The van der Waals surface area contributed by atoms with Gasteiger partial charge in [-0.2, -0.15) is 13.2 Å². The van der Waals surface area contributed by atoms with Gasteiger partial charge in [-0.3, -0.25) is 9.78 Å². The van der Waals surface area contributed by atoms with Crippen LogP contribution in [0.4, 0.5) is 18.9 Å². The number of pyridine rings is 1. The number of hydrogen-bond acceptors (Lipinski definition) is 5. The molecule has 0 aliphatic rings. The molecule has 2 heterocycles. The van der Waals surface area contributed by atoms with Crippen LogP contribution in [0.3, 0.4) is 0 Å². The van der Waals surface area contributed by atoms with Crippen LogP contribution in [0.15, 0.2) is 24.7 Å². The number of carbonyl (C=O) groups is 1. The van der Waals surface area contributed by atoms with Gasteiger partial charge in [-0.05, 0) is 12.5 Å². The molecular weight excluding hydrogens is 301 g/mol. The van der Waals surface area contributed by atoms with Crippen molar-refractivity contribution in [3.8, 4) is 5.88 Å². The first kappa shape index (κ1) is 15.7. The number of carbonyl (C=O) groups excluding carboxylic acids is 1. The van der Waals surface area contributed by atoms with Gasteiger partial charge in [0.05, 0.1) is 11.3 Å². The topological polar surface area (TPSA) is 88.0 Å². The minimum atomic E-state index is -4.64. The first-order chi connectivity index (χ1) is 10.3. The van der Waals surface area contributed by atoms with Gasteiger partial charge in [0.15, 0.2) is 0 Å². The van der Waals surface area contributed by atoms with E-state index in [4.69, 9.17) is 0 Å². The van der Waals surface area contributed by atoms with Gasteiger partial charge in [-0.15, -0.1) is 0 Å². The number of aromatic hydroxyl groups is 1. The molecule has 2 N–H and O–H groups in total. The Bertz CT molecular complexity index is 704. The minimum Gasteiger partial charge on any atom is -0.492 e. The number of alkyl halides is 3. The Morgan fingerprint density at radius 1 is 1.27 bits per heavy atom. The highest BCUT2D eigenvalue weighted by molar-refractivity contribution is 6.04. The normalized spacial score (nSPS) is 11.3. The van der Waals surface area contributed by atoms with Crippen LogP contribution < -0.4 is 5.32 Å². The number of aromatic nitrogens is 3.